The normalized spacial score (nSPS) is 13.5. The lowest BCUT2D eigenvalue weighted by Gasteiger charge is -2.07. The third kappa shape index (κ3) is 6.60. The van der Waals surface area contributed by atoms with E-state index in [1.807, 2.05) is 0 Å². The molecule has 62 valence electrons. The van der Waals surface area contributed by atoms with Gasteiger partial charge in [-0.25, -0.2) is 0 Å². The van der Waals surface area contributed by atoms with Crippen LogP contribution in [0, 0.1) is 5.92 Å². The van der Waals surface area contributed by atoms with Crippen LogP contribution in [-0.2, 0) is 0 Å². The summed E-state index contributed by atoms with van der Waals surface area (Å²) in [6.07, 6.45) is 6.90. The second kappa shape index (κ2) is 7.59. The van der Waals surface area contributed by atoms with Gasteiger partial charge in [0.15, 0.2) is 0 Å². The van der Waals surface area contributed by atoms with Gasteiger partial charge < -0.3 is 0 Å². The Morgan fingerprint density at radius 1 is 1.20 bits per heavy atom. The minimum absolute atomic E-state index is 0.948. The van der Waals surface area contributed by atoms with Crippen LogP contribution in [0.5, 0.6) is 0 Å². The maximum Gasteiger partial charge on any atom is 0.00313 e. The second-order valence-corrected chi connectivity index (χ2v) is 3.87. The standard InChI is InChI=1S/C9H19Br/c1-3-6-9(2)7-4-5-8-10/h9H,3-8H2,1-2H3/t9-/m0/s1. The highest BCUT2D eigenvalue weighted by Gasteiger charge is 1.98. The molecule has 0 N–H and O–H groups in total. The Labute approximate surface area is 73.5 Å². The maximum absolute atomic E-state index is 3.44. The van der Waals surface area contributed by atoms with Crippen molar-refractivity contribution in [2.75, 3.05) is 5.33 Å². The van der Waals surface area contributed by atoms with E-state index < -0.39 is 0 Å². The molecule has 0 amide bonds. The first-order valence-electron chi connectivity index (χ1n) is 4.37. The van der Waals surface area contributed by atoms with Crippen molar-refractivity contribution in [3.63, 3.8) is 0 Å². The minimum Gasteiger partial charge on any atom is -0.0928 e. The van der Waals surface area contributed by atoms with Crippen LogP contribution in [0.15, 0.2) is 0 Å². The van der Waals surface area contributed by atoms with Crippen LogP contribution in [0.2, 0.25) is 0 Å². The van der Waals surface area contributed by atoms with Crippen molar-refractivity contribution in [1.82, 2.24) is 0 Å². The Hall–Kier alpha value is 0.480. The van der Waals surface area contributed by atoms with Gasteiger partial charge in [-0.05, 0) is 12.3 Å². The third-order valence-electron chi connectivity index (χ3n) is 1.86. The van der Waals surface area contributed by atoms with E-state index in [0.717, 1.165) is 5.92 Å². The summed E-state index contributed by atoms with van der Waals surface area (Å²) in [6, 6.07) is 0. The summed E-state index contributed by atoms with van der Waals surface area (Å²) in [4.78, 5) is 0. The third-order valence-corrected chi connectivity index (χ3v) is 2.42. The summed E-state index contributed by atoms with van der Waals surface area (Å²) >= 11 is 3.44. The van der Waals surface area contributed by atoms with Crippen LogP contribution >= 0.6 is 15.9 Å². The van der Waals surface area contributed by atoms with Crippen molar-refractivity contribution in [1.29, 1.82) is 0 Å². The molecule has 0 saturated heterocycles. The van der Waals surface area contributed by atoms with Crippen molar-refractivity contribution >= 4 is 15.9 Å². The maximum atomic E-state index is 3.44. The summed E-state index contributed by atoms with van der Waals surface area (Å²) in [5.41, 5.74) is 0. The number of hydrogen-bond donors (Lipinski definition) is 0. The zero-order valence-corrected chi connectivity index (χ0v) is 8.78. The van der Waals surface area contributed by atoms with Crippen molar-refractivity contribution in [3.8, 4) is 0 Å². The molecule has 0 nitrogen and oxygen atoms in total. The number of rotatable bonds is 6. The SMILES string of the molecule is CCC[C@H](C)CCCCBr. The number of alkyl halides is 1. The molecule has 0 aromatic carbocycles. The molecule has 0 bridgehead atoms. The molecular formula is C9H19Br. The average Bonchev–Trinajstić information content (AvgIpc) is 1.89. The Bertz CT molecular complexity index is 61.7. The quantitative estimate of drug-likeness (QED) is 0.456. The second-order valence-electron chi connectivity index (χ2n) is 3.08. The predicted octanol–water partition coefficient (Wildman–Crippen LogP) is 3.99. The van der Waals surface area contributed by atoms with Gasteiger partial charge in [0.05, 0.1) is 0 Å². The van der Waals surface area contributed by atoms with Crippen molar-refractivity contribution in [2.24, 2.45) is 5.92 Å². The van der Waals surface area contributed by atoms with E-state index in [0.29, 0.717) is 0 Å². The summed E-state index contributed by atoms with van der Waals surface area (Å²) in [6.45, 7) is 4.62. The molecule has 0 aliphatic carbocycles. The Kier molecular flexibility index (Phi) is 7.95. The largest absolute Gasteiger partial charge is 0.0928 e. The van der Waals surface area contributed by atoms with Crippen molar-refractivity contribution in [2.45, 2.75) is 46.0 Å². The highest BCUT2D eigenvalue weighted by atomic mass is 79.9. The molecule has 0 spiro atoms. The monoisotopic (exact) mass is 206 g/mol. The van der Waals surface area contributed by atoms with Gasteiger partial charge in [-0.15, -0.1) is 0 Å². The molecule has 0 rings (SSSR count). The molecule has 0 fully saturated rings. The number of unbranched alkanes of at least 4 members (excludes halogenated alkanes) is 1. The number of hydrogen-bond acceptors (Lipinski definition) is 0. The lowest BCUT2D eigenvalue weighted by Crippen LogP contribution is -1.93. The fraction of sp³-hybridized carbons (Fsp3) is 1.00. The highest BCUT2D eigenvalue weighted by Crippen LogP contribution is 2.13. The van der Waals surface area contributed by atoms with Gasteiger partial charge in [0.1, 0.15) is 0 Å². The molecule has 1 heteroatoms. The first kappa shape index (κ1) is 10.5. The summed E-state index contributed by atoms with van der Waals surface area (Å²) in [5, 5.41) is 1.17. The molecule has 0 unspecified atom stereocenters. The molecular weight excluding hydrogens is 188 g/mol. The molecule has 10 heavy (non-hydrogen) atoms. The van der Waals surface area contributed by atoms with Crippen molar-refractivity contribution < 1.29 is 0 Å². The van der Waals surface area contributed by atoms with Gasteiger partial charge in [0, 0.05) is 5.33 Å². The molecule has 0 heterocycles. The predicted molar refractivity (Wildman–Crippen MR) is 51.7 cm³/mol. The van der Waals surface area contributed by atoms with Gasteiger partial charge in [-0.3, -0.25) is 0 Å². The van der Waals surface area contributed by atoms with Gasteiger partial charge in [-0.1, -0.05) is 55.5 Å². The first-order chi connectivity index (χ1) is 4.81. The van der Waals surface area contributed by atoms with E-state index in [1.54, 1.807) is 0 Å². The fourth-order valence-corrected chi connectivity index (χ4v) is 1.62. The molecule has 0 radical (unpaired) electrons. The smallest absolute Gasteiger partial charge is 0.00313 e. The van der Waals surface area contributed by atoms with Crippen LogP contribution in [0.3, 0.4) is 0 Å². The minimum atomic E-state index is 0.948. The van der Waals surface area contributed by atoms with Crippen molar-refractivity contribution in [3.05, 3.63) is 0 Å². The van der Waals surface area contributed by atoms with E-state index in [1.165, 1.54) is 37.4 Å². The summed E-state index contributed by atoms with van der Waals surface area (Å²) in [5.74, 6) is 0.948. The van der Waals surface area contributed by atoms with E-state index in [4.69, 9.17) is 0 Å². The molecule has 0 aliphatic rings. The van der Waals surface area contributed by atoms with Gasteiger partial charge >= 0.3 is 0 Å². The summed E-state index contributed by atoms with van der Waals surface area (Å²) < 4.78 is 0. The van der Waals surface area contributed by atoms with Crippen LogP contribution in [-0.4, -0.2) is 5.33 Å². The van der Waals surface area contributed by atoms with E-state index in [2.05, 4.69) is 29.8 Å². The molecule has 0 aromatic heterocycles. The van der Waals surface area contributed by atoms with Crippen LogP contribution in [0.1, 0.15) is 46.0 Å². The average molecular weight is 207 g/mol. The Morgan fingerprint density at radius 2 is 1.90 bits per heavy atom. The topological polar surface area (TPSA) is 0 Å². The fourth-order valence-electron chi connectivity index (χ4n) is 1.22. The Morgan fingerprint density at radius 3 is 2.40 bits per heavy atom. The lowest BCUT2D eigenvalue weighted by atomic mass is 10.00. The van der Waals surface area contributed by atoms with Gasteiger partial charge in [0.25, 0.3) is 0 Å². The first-order valence-corrected chi connectivity index (χ1v) is 5.49. The molecule has 0 aliphatic heterocycles. The van der Waals surface area contributed by atoms with Crippen LogP contribution in [0.25, 0.3) is 0 Å². The van der Waals surface area contributed by atoms with E-state index >= 15 is 0 Å². The Balaban J connectivity index is 2.97. The van der Waals surface area contributed by atoms with Gasteiger partial charge in [0.2, 0.25) is 0 Å². The summed E-state index contributed by atoms with van der Waals surface area (Å²) in [7, 11) is 0. The van der Waals surface area contributed by atoms with Crippen LogP contribution < -0.4 is 0 Å². The van der Waals surface area contributed by atoms with Gasteiger partial charge in [-0.2, -0.15) is 0 Å². The van der Waals surface area contributed by atoms with E-state index in [9.17, 15) is 0 Å². The highest BCUT2D eigenvalue weighted by molar-refractivity contribution is 9.09. The van der Waals surface area contributed by atoms with E-state index in [-0.39, 0.29) is 0 Å². The lowest BCUT2D eigenvalue weighted by molar-refractivity contribution is 0.468. The van der Waals surface area contributed by atoms with Crippen LogP contribution in [0.4, 0.5) is 0 Å². The number of halogens is 1. The molecule has 1 atom stereocenters. The molecule has 0 saturated carbocycles. The molecule has 0 aromatic rings. The zero-order valence-electron chi connectivity index (χ0n) is 7.20. The zero-order chi connectivity index (χ0) is 7.82.